The van der Waals surface area contributed by atoms with Crippen LogP contribution < -0.4 is 5.32 Å². The van der Waals surface area contributed by atoms with E-state index in [-0.39, 0.29) is 16.6 Å². The summed E-state index contributed by atoms with van der Waals surface area (Å²) in [5, 5.41) is 15.3. The number of hydrogen-bond donors (Lipinski definition) is 2. The van der Waals surface area contributed by atoms with Crippen LogP contribution in [0.4, 0.5) is 0 Å². The summed E-state index contributed by atoms with van der Waals surface area (Å²) in [6.45, 7) is 0. The smallest absolute Gasteiger partial charge is 0.272 e. The monoisotopic (exact) mass is 471 g/mol. The molecular formula is C26H21N3O4S. The SMILES string of the molecule is CS(=O)(=O)c1nc(C(=O)NC(c2ccccc2)c2c(O)ccc3ccccc23)c2ccccn12. The van der Waals surface area contributed by atoms with Crippen molar-refractivity contribution >= 4 is 32.0 Å². The van der Waals surface area contributed by atoms with E-state index in [2.05, 4.69) is 10.3 Å². The average molecular weight is 472 g/mol. The van der Waals surface area contributed by atoms with Crippen molar-refractivity contribution in [3.63, 3.8) is 0 Å². The lowest BCUT2D eigenvalue weighted by atomic mass is 9.92. The predicted molar refractivity (Wildman–Crippen MR) is 130 cm³/mol. The summed E-state index contributed by atoms with van der Waals surface area (Å²) in [5.74, 6) is -0.515. The van der Waals surface area contributed by atoms with Gasteiger partial charge in [0.25, 0.3) is 5.91 Å². The summed E-state index contributed by atoms with van der Waals surface area (Å²) in [6, 6.07) is 24.6. The molecule has 2 N–H and O–H groups in total. The first kappa shape index (κ1) is 21.7. The lowest BCUT2D eigenvalue weighted by Crippen LogP contribution is -2.30. The van der Waals surface area contributed by atoms with Gasteiger partial charge in [0.1, 0.15) is 5.75 Å². The molecule has 0 saturated heterocycles. The second-order valence-electron chi connectivity index (χ2n) is 8.01. The Morgan fingerprint density at radius 1 is 0.941 bits per heavy atom. The second kappa shape index (κ2) is 8.31. The zero-order chi connectivity index (χ0) is 23.9. The van der Waals surface area contributed by atoms with Crippen LogP contribution in [0.5, 0.6) is 5.75 Å². The van der Waals surface area contributed by atoms with Crippen molar-refractivity contribution in [3.8, 4) is 5.75 Å². The minimum Gasteiger partial charge on any atom is -0.508 e. The molecule has 5 rings (SSSR count). The third-order valence-corrected chi connectivity index (χ3v) is 6.66. The Hall–Kier alpha value is -4.17. The van der Waals surface area contributed by atoms with Gasteiger partial charge in [0, 0.05) is 18.0 Å². The first-order chi connectivity index (χ1) is 16.3. The van der Waals surface area contributed by atoms with E-state index in [4.69, 9.17) is 0 Å². The van der Waals surface area contributed by atoms with E-state index in [1.54, 1.807) is 30.5 Å². The van der Waals surface area contributed by atoms with Crippen LogP contribution in [0.3, 0.4) is 0 Å². The molecule has 2 heterocycles. The lowest BCUT2D eigenvalue weighted by Gasteiger charge is -2.22. The molecule has 0 saturated carbocycles. The highest BCUT2D eigenvalue weighted by Gasteiger charge is 2.27. The van der Waals surface area contributed by atoms with Crippen LogP contribution in [0.25, 0.3) is 16.3 Å². The molecule has 0 aliphatic carbocycles. The highest BCUT2D eigenvalue weighted by molar-refractivity contribution is 7.90. The summed E-state index contributed by atoms with van der Waals surface area (Å²) in [4.78, 5) is 17.7. The number of amides is 1. The summed E-state index contributed by atoms with van der Waals surface area (Å²) >= 11 is 0. The van der Waals surface area contributed by atoms with E-state index < -0.39 is 21.8 Å². The number of nitrogens with zero attached hydrogens (tertiary/aromatic N) is 2. The number of phenolic OH excluding ortho intramolecular Hbond substituents is 1. The van der Waals surface area contributed by atoms with Gasteiger partial charge in [-0.3, -0.25) is 9.20 Å². The molecule has 2 aromatic heterocycles. The van der Waals surface area contributed by atoms with E-state index in [0.29, 0.717) is 11.1 Å². The molecule has 3 aromatic carbocycles. The van der Waals surface area contributed by atoms with Gasteiger partial charge in [-0.1, -0.05) is 66.7 Å². The molecule has 7 nitrogen and oxygen atoms in total. The molecular weight excluding hydrogens is 450 g/mol. The average Bonchev–Trinajstić information content (AvgIpc) is 3.24. The van der Waals surface area contributed by atoms with Crippen LogP contribution in [0.15, 0.2) is 96.3 Å². The molecule has 0 aliphatic rings. The number of imidazole rings is 1. The molecule has 0 fully saturated rings. The number of pyridine rings is 1. The maximum absolute atomic E-state index is 13.5. The van der Waals surface area contributed by atoms with E-state index >= 15 is 0 Å². The van der Waals surface area contributed by atoms with Gasteiger partial charge in [0.15, 0.2) is 5.69 Å². The van der Waals surface area contributed by atoms with E-state index in [0.717, 1.165) is 22.6 Å². The van der Waals surface area contributed by atoms with Crippen molar-refractivity contribution in [2.24, 2.45) is 0 Å². The van der Waals surface area contributed by atoms with Gasteiger partial charge in [-0.15, -0.1) is 0 Å². The normalized spacial score (nSPS) is 12.6. The van der Waals surface area contributed by atoms with Crippen LogP contribution in [-0.4, -0.2) is 35.1 Å². The van der Waals surface area contributed by atoms with Crippen molar-refractivity contribution in [2.45, 2.75) is 11.2 Å². The van der Waals surface area contributed by atoms with Gasteiger partial charge in [0.2, 0.25) is 15.0 Å². The van der Waals surface area contributed by atoms with Gasteiger partial charge in [-0.2, -0.15) is 0 Å². The highest BCUT2D eigenvalue weighted by Crippen LogP contribution is 2.36. The largest absolute Gasteiger partial charge is 0.508 e. The number of carbonyl (C=O) groups is 1. The van der Waals surface area contributed by atoms with Gasteiger partial charge >= 0.3 is 0 Å². The first-order valence-electron chi connectivity index (χ1n) is 10.6. The van der Waals surface area contributed by atoms with E-state index in [9.17, 15) is 18.3 Å². The Bertz CT molecular complexity index is 1640. The fraction of sp³-hybridized carbons (Fsp3) is 0.0769. The number of hydrogen-bond acceptors (Lipinski definition) is 5. The van der Waals surface area contributed by atoms with Crippen LogP contribution in [0, 0.1) is 0 Å². The number of aromatic nitrogens is 2. The van der Waals surface area contributed by atoms with Crippen LogP contribution in [0.1, 0.15) is 27.7 Å². The number of sulfone groups is 1. The van der Waals surface area contributed by atoms with E-state index in [1.165, 1.54) is 4.40 Å². The van der Waals surface area contributed by atoms with Gasteiger partial charge in [-0.25, -0.2) is 13.4 Å². The topological polar surface area (TPSA) is 101 Å². The molecule has 0 radical (unpaired) electrons. The molecule has 0 aliphatic heterocycles. The minimum absolute atomic E-state index is 0.0123. The van der Waals surface area contributed by atoms with Crippen LogP contribution in [-0.2, 0) is 9.84 Å². The number of fused-ring (bicyclic) bond motifs is 2. The zero-order valence-corrected chi connectivity index (χ0v) is 19.0. The summed E-state index contributed by atoms with van der Waals surface area (Å²) in [6.07, 6.45) is 2.61. The lowest BCUT2D eigenvalue weighted by molar-refractivity contribution is 0.0940. The van der Waals surface area contributed by atoms with E-state index in [1.807, 2.05) is 60.7 Å². The Labute approximate surface area is 196 Å². The highest BCUT2D eigenvalue weighted by atomic mass is 32.2. The first-order valence-corrected chi connectivity index (χ1v) is 12.5. The fourth-order valence-corrected chi connectivity index (χ4v) is 4.97. The third kappa shape index (κ3) is 3.78. The van der Waals surface area contributed by atoms with Crippen LogP contribution in [0.2, 0.25) is 0 Å². The van der Waals surface area contributed by atoms with Gasteiger partial charge in [0.05, 0.1) is 11.6 Å². The Kier molecular flexibility index (Phi) is 5.30. The Balaban J connectivity index is 1.67. The molecule has 8 heteroatoms. The predicted octanol–water partition coefficient (Wildman–Crippen LogP) is 4.12. The maximum atomic E-state index is 13.5. The van der Waals surface area contributed by atoms with Crippen molar-refractivity contribution in [1.29, 1.82) is 0 Å². The standard InChI is InChI=1S/C26H21N3O4S/c1-34(32,33)26-28-24(20-13-7-8-16-29(20)26)25(31)27-23(18-10-3-2-4-11-18)22-19-12-6-5-9-17(19)14-15-21(22)30/h2-16,23,30H,1H3,(H,27,31). The summed E-state index contributed by atoms with van der Waals surface area (Å²) < 4.78 is 26.0. The number of rotatable bonds is 5. The van der Waals surface area contributed by atoms with Crippen molar-refractivity contribution < 1.29 is 18.3 Å². The molecule has 1 unspecified atom stereocenters. The zero-order valence-electron chi connectivity index (χ0n) is 18.2. The molecule has 1 amide bonds. The number of phenols is 1. The second-order valence-corrected chi connectivity index (χ2v) is 9.92. The van der Waals surface area contributed by atoms with Crippen molar-refractivity contribution in [3.05, 3.63) is 108 Å². The van der Waals surface area contributed by atoms with Crippen molar-refractivity contribution in [2.75, 3.05) is 6.26 Å². The summed E-state index contributed by atoms with van der Waals surface area (Å²) in [5.41, 5.74) is 1.66. The maximum Gasteiger partial charge on any atom is 0.272 e. The van der Waals surface area contributed by atoms with Gasteiger partial charge in [-0.05, 0) is 34.5 Å². The number of nitrogens with one attached hydrogen (secondary N) is 1. The molecule has 170 valence electrons. The van der Waals surface area contributed by atoms with Gasteiger partial charge < -0.3 is 10.4 Å². The quantitative estimate of drug-likeness (QED) is 0.402. The fourth-order valence-electron chi connectivity index (χ4n) is 4.19. The minimum atomic E-state index is -3.68. The molecule has 5 aromatic rings. The number of carbonyl (C=O) groups excluding carboxylic acids is 1. The Morgan fingerprint density at radius 2 is 1.65 bits per heavy atom. The Morgan fingerprint density at radius 3 is 2.41 bits per heavy atom. The third-order valence-electron chi connectivity index (χ3n) is 5.71. The molecule has 34 heavy (non-hydrogen) atoms. The van der Waals surface area contributed by atoms with Crippen LogP contribution >= 0.6 is 0 Å². The summed E-state index contributed by atoms with van der Waals surface area (Å²) in [7, 11) is -3.68. The molecule has 0 bridgehead atoms. The number of aromatic hydroxyl groups is 1. The molecule has 0 spiro atoms. The number of benzene rings is 3. The molecule has 1 atom stereocenters. The van der Waals surface area contributed by atoms with Crippen molar-refractivity contribution in [1.82, 2.24) is 14.7 Å².